The van der Waals surface area contributed by atoms with Gasteiger partial charge in [0.25, 0.3) is 0 Å². The van der Waals surface area contributed by atoms with E-state index < -0.39 is 23.4 Å². The van der Waals surface area contributed by atoms with Crippen molar-refractivity contribution in [1.29, 1.82) is 0 Å². The van der Waals surface area contributed by atoms with Crippen molar-refractivity contribution < 1.29 is 23.1 Å². The van der Waals surface area contributed by atoms with Gasteiger partial charge < -0.3 is 10.0 Å². The molecule has 0 fully saturated rings. The summed E-state index contributed by atoms with van der Waals surface area (Å²) in [5, 5.41) is 8.79. The van der Waals surface area contributed by atoms with E-state index in [2.05, 4.69) is 0 Å². The molecule has 2 aromatic rings. The van der Waals surface area contributed by atoms with Crippen molar-refractivity contribution in [3.8, 4) is 0 Å². The molecule has 3 nitrogen and oxygen atoms in total. The molecule has 0 saturated carbocycles. The van der Waals surface area contributed by atoms with E-state index in [1.54, 1.807) is 0 Å². The third-order valence-corrected chi connectivity index (χ3v) is 3.14. The average molecular weight is 309 g/mol. The maximum atomic E-state index is 13.9. The van der Waals surface area contributed by atoms with Crippen LogP contribution in [0.15, 0.2) is 42.5 Å². The van der Waals surface area contributed by atoms with E-state index >= 15 is 0 Å². The van der Waals surface area contributed by atoms with Crippen LogP contribution in [-0.4, -0.2) is 17.6 Å². The van der Waals surface area contributed by atoms with Gasteiger partial charge in [0.15, 0.2) is 0 Å². The second kappa shape index (κ2) is 6.98. The zero-order valence-corrected chi connectivity index (χ0v) is 11.6. The topological polar surface area (TPSA) is 40.5 Å². The Hall–Kier alpha value is -2.50. The first-order valence-corrected chi connectivity index (χ1v) is 6.62. The Kier molecular flexibility index (Phi) is 5.04. The molecule has 0 heterocycles. The first-order chi connectivity index (χ1) is 10.5. The maximum absolute atomic E-state index is 13.9. The summed E-state index contributed by atoms with van der Waals surface area (Å²) in [6, 6.07) is 8.91. The fraction of sp³-hybridized carbons (Fsp3) is 0.188. The molecular formula is C16H14F3NO2. The third kappa shape index (κ3) is 4.00. The third-order valence-electron chi connectivity index (χ3n) is 3.14. The smallest absolute Gasteiger partial charge is 0.305 e. The van der Waals surface area contributed by atoms with Gasteiger partial charge in [-0.25, -0.2) is 13.2 Å². The van der Waals surface area contributed by atoms with Gasteiger partial charge in [0, 0.05) is 13.1 Å². The Bertz CT molecular complexity index is 639. The van der Waals surface area contributed by atoms with Gasteiger partial charge >= 0.3 is 5.97 Å². The molecule has 22 heavy (non-hydrogen) atoms. The van der Waals surface area contributed by atoms with Crippen LogP contribution in [0.25, 0.3) is 0 Å². The van der Waals surface area contributed by atoms with Crippen molar-refractivity contribution >= 4 is 11.7 Å². The molecule has 0 aliphatic rings. The molecule has 0 unspecified atom stereocenters. The molecule has 0 spiro atoms. The minimum absolute atomic E-state index is 0.0649. The van der Waals surface area contributed by atoms with E-state index in [0.717, 1.165) is 12.1 Å². The summed E-state index contributed by atoms with van der Waals surface area (Å²) < 4.78 is 40.7. The number of hydrogen-bond donors (Lipinski definition) is 1. The number of aliphatic carboxylic acids is 1. The van der Waals surface area contributed by atoms with Gasteiger partial charge in [-0.05, 0) is 29.8 Å². The summed E-state index contributed by atoms with van der Waals surface area (Å²) >= 11 is 0. The average Bonchev–Trinajstić information content (AvgIpc) is 2.46. The highest BCUT2D eigenvalue weighted by atomic mass is 19.1. The van der Waals surface area contributed by atoms with Gasteiger partial charge in [0.05, 0.1) is 6.42 Å². The van der Waals surface area contributed by atoms with Crippen LogP contribution < -0.4 is 4.90 Å². The number of para-hydroxylation sites is 1. The molecule has 0 aliphatic heterocycles. The number of carbonyl (C=O) groups is 1. The molecule has 0 aromatic heterocycles. The Labute approximate surface area is 125 Å². The quantitative estimate of drug-likeness (QED) is 0.886. The van der Waals surface area contributed by atoms with E-state index in [1.807, 2.05) is 0 Å². The summed E-state index contributed by atoms with van der Waals surface area (Å²) in [5.74, 6) is -3.03. The SMILES string of the molecule is O=C(O)CCN(Cc1ccc(F)cc1)c1c(F)cccc1F. The van der Waals surface area contributed by atoms with Crippen molar-refractivity contribution in [2.75, 3.05) is 11.4 Å². The predicted molar refractivity (Wildman–Crippen MR) is 76.1 cm³/mol. The molecule has 6 heteroatoms. The van der Waals surface area contributed by atoms with E-state index in [-0.39, 0.29) is 25.2 Å². The van der Waals surface area contributed by atoms with Gasteiger partial charge in [-0.1, -0.05) is 18.2 Å². The number of benzene rings is 2. The zero-order valence-electron chi connectivity index (χ0n) is 11.6. The maximum Gasteiger partial charge on any atom is 0.305 e. The number of hydrogen-bond acceptors (Lipinski definition) is 2. The molecular weight excluding hydrogens is 295 g/mol. The highest BCUT2D eigenvalue weighted by molar-refractivity contribution is 5.67. The summed E-state index contributed by atoms with van der Waals surface area (Å²) in [6.07, 6.45) is -0.269. The van der Waals surface area contributed by atoms with Crippen molar-refractivity contribution in [1.82, 2.24) is 0 Å². The molecule has 0 aliphatic carbocycles. The van der Waals surface area contributed by atoms with Gasteiger partial charge in [0.2, 0.25) is 0 Å². The summed E-state index contributed by atoms with van der Waals surface area (Å²) in [7, 11) is 0. The summed E-state index contributed by atoms with van der Waals surface area (Å²) in [6.45, 7) is 0.00990. The molecule has 0 bridgehead atoms. The van der Waals surface area contributed by atoms with Gasteiger partial charge in [-0.3, -0.25) is 4.79 Å². The zero-order chi connectivity index (χ0) is 16.1. The number of nitrogens with zero attached hydrogens (tertiary/aromatic N) is 1. The molecule has 0 radical (unpaired) electrons. The van der Waals surface area contributed by atoms with Crippen molar-refractivity contribution in [3.63, 3.8) is 0 Å². The predicted octanol–water partition coefficient (Wildman–Crippen LogP) is 3.59. The van der Waals surface area contributed by atoms with Crippen molar-refractivity contribution in [3.05, 3.63) is 65.5 Å². The van der Waals surface area contributed by atoms with E-state index in [4.69, 9.17) is 5.11 Å². The Morgan fingerprint density at radius 2 is 1.59 bits per heavy atom. The van der Waals surface area contributed by atoms with Gasteiger partial charge in [-0.2, -0.15) is 0 Å². The van der Waals surface area contributed by atoms with Gasteiger partial charge in [-0.15, -0.1) is 0 Å². The van der Waals surface area contributed by atoms with E-state index in [1.165, 1.54) is 35.2 Å². The largest absolute Gasteiger partial charge is 0.481 e. The lowest BCUT2D eigenvalue weighted by molar-refractivity contribution is -0.136. The number of anilines is 1. The summed E-state index contributed by atoms with van der Waals surface area (Å²) in [5.41, 5.74) is 0.336. The van der Waals surface area contributed by atoms with Crippen LogP contribution in [0, 0.1) is 17.5 Å². The molecule has 0 atom stereocenters. The number of carboxylic acid groups (broad SMARTS) is 1. The summed E-state index contributed by atoms with van der Waals surface area (Å²) in [4.78, 5) is 12.0. The minimum Gasteiger partial charge on any atom is -0.481 e. The first kappa shape index (κ1) is 15.9. The van der Waals surface area contributed by atoms with Crippen molar-refractivity contribution in [2.24, 2.45) is 0 Å². The second-order valence-electron chi connectivity index (χ2n) is 4.76. The Morgan fingerprint density at radius 3 is 2.14 bits per heavy atom. The fourth-order valence-electron chi connectivity index (χ4n) is 2.10. The van der Waals surface area contributed by atoms with Crippen LogP contribution >= 0.6 is 0 Å². The second-order valence-corrected chi connectivity index (χ2v) is 4.76. The van der Waals surface area contributed by atoms with Crippen LogP contribution in [0.4, 0.5) is 18.9 Å². The Morgan fingerprint density at radius 1 is 1.00 bits per heavy atom. The van der Waals surface area contributed by atoms with Crippen LogP contribution in [0.3, 0.4) is 0 Å². The molecule has 116 valence electrons. The lowest BCUT2D eigenvalue weighted by atomic mass is 10.1. The van der Waals surface area contributed by atoms with Crippen LogP contribution in [-0.2, 0) is 11.3 Å². The van der Waals surface area contributed by atoms with E-state index in [9.17, 15) is 18.0 Å². The molecule has 0 amide bonds. The number of carboxylic acids is 1. The molecule has 1 N–H and O–H groups in total. The first-order valence-electron chi connectivity index (χ1n) is 6.62. The highest BCUT2D eigenvalue weighted by Crippen LogP contribution is 2.25. The molecule has 2 aromatic carbocycles. The van der Waals surface area contributed by atoms with Crippen LogP contribution in [0.1, 0.15) is 12.0 Å². The number of rotatable bonds is 6. The Balaban J connectivity index is 2.29. The van der Waals surface area contributed by atoms with E-state index in [0.29, 0.717) is 5.56 Å². The minimum atomic E-state index is -1.07. The van der Waals surface area contributed by atoms with Crippen molar-refractivity contribution in [2.45, 2.75) is 13.0 Å². The van der Waals surface area contributed by atoms with Crippen LogP contribution in [0.2, 0.25) is 0 Å². The standard InChI is InChI=1S/C16H14F3NO2/c17-12-6-4-11(5-7-12)10-20(9-8-15(21)22)16-13(18)2-1-3-14(16)19/h1-7H,8-10H2,(H,21,22). The number of halogens is 3. The van der Waals surface area contributed by atoms with Crippen LogP contribution in [0.5, 0.6) is 0 Å². The normalized spacial score (nSPS) is 10.5. The lowest BCUT2D eigenvalue weighted by Crippen LogP contribution is -2.27. The highest BCUT2D eigenvalue weighted by Gasteiger charge is 2.18. The molecule has 2 rings (SSSR count). The molecule has 0 saturated heterocycles. The monoisotopic (exact) mass is 309 g/mol. The lowest BCUT2D eigenvalue weighted by Gasteiger charge is -2.25. The van der Waals surface area contributed by atoms with Gasteiger partial charge in [0.1, 0.15) is 23.1 Å². The fourth-order valence-corrected chi connectivity index (χ4v) is 2.10.